The molecule has 1 amide bonds. The second kappa shape index (κ2) is 9.41. The zero-order valence-electron chi connectivity index (χ0n) is 16.1. The number of ether oxygens (including phenoxy) is 1. The van der Waals surface area contributed by atoms with Crippen molar-refractivity contribution < 1.29 is 9.53 Å². The lowest BCUT2D eigenvalue weighted by Gasteiger charge is -2.13. The molecule has 6 nitrogen and oxygen atoms in total. The molecule has 0 bridgehead atoms. The summed E-state index contributed by atoms with van der Waals surface area (Å²) in [5.74, 6) is 1.35. The molecule has 0 spiro atoms. The Balaban J connectivity index is 1.46. The maximum absolute atomic E-state index is 12.0. The van der Waals surface area contributed by atoms with Gasteiger partial charge >= 0.3 is 0 Å². The van der Waals surface area contributed by atoms with Gasteiger partial charge in [-0.2, -0.15) is 0 Å². The third-order valence-electron chi connectivity index (χ3n) is 4.04. The Kier molecular flexibility index (Phi) is 6.46. The molecule has 0 radical (unpaired) electrons. The van der Waals surface area contributed by atoms with Gasteiger partial charge in [-0.25, -0.2) is 4.98 Å². The predicted molar refractivity (Wildman–Crippen MR) is 113 cm³/mol. The van der Waals surface area contributed by atoms with Gasteiger partial charge in [0.25, 0.3) is 0 Å². The van der Waals surface area contributed by atoms with Crippen LogP contribution < -0.4 is 20.3 Å². The fraction of sp³-hybridized carbons (Fsp3) is 0.182. The van der Waals surface area contributed by atoms with E-state index in [0.717, 1.165) is 17.1 Å². The lowest BCUT2D eigenvalue weighted by molar-refractivity contribution is -0.116. The van der Waals surface area contributed by atoms with Crippen molar-refractivity contribution in [3.8, 4) is 5.75 Å². The molecule has 2 N–H and O–H groups in total. The predicted octanol–water partition coefficient (Wildman–Crippen LogP) is 4.30. The fourth-order valence-electron chi connectivity index (χ4n) is 2.53. The summed E-state index contributed by atoms with van der Waals surface area (Å²) in [7, 11) is 4.01. The van der Waals surface area contributed by atoms with E-state index < -0.39 is 0 Å². The molecule has 28 heavy (non-hydrogen) atoms. The largest absolute Gasteiger partial charge is 0.493 e. The molecule has 144 valence electrons. The summed E-state index contributed by atoms with van der Waals surface area (Å²) in [6, 6.07) is 21.2. The van der Waals surface area contributed by atoms with Crippen molar-refractivity contribution in [3.05, 3.63) is 72.9 Å². The molecular weight excluding hydrogens is 352 g/mol. The molecule has 0 aliphatic heterocycles. The van der Waals surface area contributed by atoms with Gasteiger partial charge in [0.15, 0.2) is 0 Å². The molecule has 0 atom stereocenters. The first-order valence-electron chi connectivity index (χ1n) is 9.08. The van der Waals surface area contributed by atoms with Crippen molar-refractivity contribution >= 4 is 28.8 Å². The standard InChI is InChI=1S/C22H24N4O2/c1-26(2)19-11-8-17(9-12-19)24-21-13-10-18(16-23-21)25-22(27)14-15-28-20-6-4-3-5-7-20/h3-13,16H,14-15H2,1-2H3,(H,23,24)(H,25,27). The summed E-state index contributed by atoms with van der Waals surface area (Å²) in [4.78, 5) is 18.4. The van der Waals surface area contributed by atoms with Gasteiger partial charge in [0, 0.05) is 25.5 Å². The number of nitrogens with one attached hydrogen (secondary N) is 2. The number of hydrogen-bond acceptors (Lipinski definition) is 5. The topological polar surface area (TPSA) is 66.5 Å². The summed E-state index contributed by atoms with van der Waals surface area (Å²) in [5, 5.41) is 6.07. The number of para-hydroxylation sites is 1. The van der Waals surface area contributed by atoms with E-state index in [9.17, 15) is 4.79 Å². The van der Waals surface area contributed by atoms with Crippen molar-refractivity contribution in [2.45, 2.75) is 6.42 Å². The van der Waals surface area contributed by atoms with Crippen LogP contribution in [0.15, 0.2) is 72.9 Å². The minimum Gasteiger partial charge on any atom is -0.493 e. The average molecular weight is 376 g/mol. The van der Waals surface area contributed by atoms with Crippen LogP contribution in [0.2, 0.25) is 0 Å². The second-order valence-electron chi connectivity index (χ2n) is 6.46. The number of amides is 1. The summed E-state index contributed by atoms with van der Waals surface area (Å²) in [5.41, 5.74) is 2.74. The van der Waals surface area contributed by atoms with Crippen LogP contribution in [0.25, 0.3) is 0 Å². The highest BCUT2D eigenvalue weighted by Crippen LogP contribution is 2.20. The van der Waals surface area contributed by atoms with E-state index in [4.69, 9.17) is 4.74 Å². The Bertz CT molecular complexity index is 879. The molecule has 0 unspecified atom stereocenters. The quantitative estimate of drug-likeness (QED) is 0.614. The molecular formula is C22H24N4O2. The lowest BCUT2D eigenvalue weighted by Crippen LogP contribution is -2.15. The maximum Gasteiger partial charge on any atom is 0.227 e. The van der Waals surface area contributed by atoms with Crippen molar-refractivity contribution in [1.82, 2.24) is 4.98 Å². The van der Waals surface area contributed by atoms with E-state index in [-0.39, 0.29) is 12.3 Å². The van der Waals surface area contributed by atoms with Crippen molar-refractivity contribution in [3.63, 3.8) is 0 Å². The maximum atomic E-state index is 12.0. The van der Waals surface area contributed by atoms with Crippen LogP contribution in [0.3, 0.4) is 0 Å². The smallest absolute Gasteiger partial charge is 0.227 e. The molecule has 0 saturated carbocycles. The monoisotopic (exact) mass is 376 g/mol. The van der Waals surface area contributed by atoms with E-state index in [2.05, 4.69) is 15.6 Å². The Hall–Kier alpha value is -3.54. The third-order valence-corrected chi connectivity index (χ3v) is 4.04. The highest BCUT2D eigenvalue weighted by molar-refractivity contribution is 5.90. The van der Waals surface area contributed by atoms with Crippen LogP contribution in [0.5, 0.6) is 5.75 Å². The van der Waals surface area contributed by atoms with Crippen LogP contribution in [0.1, 0.15) is 6.42 Å². The molecule has 2 aromatic carbocycles. The number of anilines is 4. The number of carbonyl (C=O) groups excluding carboxylic acids is 1. The average Bonchev–Trinajstić information content (AvgIpc) is 2.71. The normalized spacial score (nSPS) is 10.2. The fourth-order valence-corrected chi connectivity index (χ4v) is 2.53. The molecule has 0 aliphatic carbocycles. The molecule has 0 aliphatic rings. The van der Waals surface area contributed by atoms with Gasteiger partial charge < -0.3 is 20.3 Å². The molecule has 1 heterocycles. The number of pyridine rings is 1. The zero-order chi connectivity index (χ0) is 19.8. The van der Waals surface area contributed by atoms with Gasteiger partial charge in [0.2, 0.25) is 5.91 Å². The second-order valence-corrected chi connectivity index (χ2v) is 6.46. The van der Waals surface area contributed by atoms with E-state index in [0.29, 0.717) is 18.1 Å². The van der Waals surface area contributed by atoms with Crippen LogP contribution >= 0.6 is 0 Å². The molecule has 6 heteroatoms. The number of rotatable bonds is 8. The van der Waals surface area contributed by atoms with Crippen molar-refractivity contribution in [2.75, 3.05) is 36.2 Å². The Labute approximate surface area is 165 Å². The highest BCUT2D eigenvalue weighted by atomic mass is 16.5. The van der Waals surface area contributed by atoms with Gasteiger partial charge in [-0.15, -0.1) is 0 Å². The number of nitrogens with zero attached hydrogens (tertiary/aromatic N) is 2. The van der Waals surface area contributed by atoms with E-state index in [1.165, 1.54) is 0 Å². The Morgan fingerprint density at radius 1 is 0.964 bits per heavy atom. The molecule has 1 aromatic heterocycles. The SMILES string of the molecule is CN(C)c1ccc(Nc2ccc(NC(=O)CCOc3ccccc3)cn2)cc1. The summed E-state index contributed by atoms with van der Waals surface area (Å²) >= 11 is 0. The number of carbonyl (C=O) groups is 1. The molecule has 0 fully saturated rings. The molecule has 3 rings (SSSR count). The van der Waals surface area contributed by atoms with Gasteiger partial charge in [-0.05, 0) is 48.5 Å². The Morgan fingerprint density at radius 2 is 1.68 bits per heavy atom. The van der Waals surface area contributed by atoms with E-state index in [1.807, 2.05) is 85.7 Å². The summed E-state index contributed by atoms with van der Waals surface area (Å²) < 4.78 is 5.53. The van der Waals surface area contributed by atoms with Crippen LogP contribution in [0, 0.1) is 0 Å². The molecule has 3 aromatic rings. The minimum atomic E-state index is -0.113. The van der Waals surface area contributed by atoms with Crippen LogP contribution in [-0.2, 0) is 4.79 Å². The third kappa shape index (κ3) is 5.74. The zero-order valence-corrected chi connectivity index (χ0v) is 16.1. The minimum absolute atomic E-state index is 0.113. The number of aromatic nitrogens is 1. The van der Waals surface area contributed by atoms with Gasteiger partial charge in [0.1, 0.15) is 11.6 Å². The first-order chi connectivity index (χ1) is 13.6. The lowest BCUT2D eigenvalue weighted by atomic mass is 10.2. The Morgan fingerprint density at radius 3 is 2.32 bits per heavy atom. The number of hydrogen-bond donors (Lipinski definition) is 2. The van der Waals surface area contributed by atoms with Crippen molar-refractivity contribution in [1.29, 1.82) is 0 Å². The van der Waals surface area contributed by atoms with Gasteiger partial charge in [-0.1, -0.05) is 18.2 Å². The van der Waals surface area contributed by atoms with Crippen LogP contribution in [-0.4, -0.2) is 31.6 Å². The summed E-state index contributed by atoms with van der Waals surface area (Å²) in [6.45, 7) is 0.325. The molecule has 0 saturated heterocycles. The highest BCUT2D eigenvalue weighted by Gasteiger charge is 2.04. The van der Waals surface area contributed by atoms with E-state index >= 15 is 0 Å². The van der Waals surface area contributed by atoms with Crippen LogP contribution in [0.4, 0.5) is 22.9 Å². The van der Waals surface area contributed by atoms with E-state index in [1.54, 1.807) is 6.20 Å². The number of benzene rings is 2. The summed E-state index contributed by atoms with van der Waals surface area (Å²) in [6.07, 6.45) is 1.90. The van der Waals surface area contributed by atoms with Gasteiger partial charge in [-0.3, -0.25) is 4.79 Å². The van der Waals surface area contributed by atoms with Gasteiger partial charge in [0.05, 0.1) is 24.9 Å². The first-order valence-corrected chi connectivity index (χ1v) is 9.08. The van der Waals surface area contributed by atoms with Crippen molar-refractivity contribution in [2.24, 2.45) is 0 Å². The first kappa shape index (κ1) is 19.2.